The lowest BCUT2D eigenvalue weighted by Crippen LogP contribution is -2.30. The number of fused-ring (bicyclic) bond motifs is 1. The van der Waals surface area contributed by atoms with Crippen molar-refractivity contribution in [3.05, 3.63) is 54.0 Å². The summed E-state index contributed by atoms with van der Waals surface area (Å²) in [6, 6.07) is 11.9. The molecule has 0 fully saturated rings. The van der Waals surface area contributed by atoms with Crippen LogP contribution in [0.2, 0.25) is 0 Å². The second-order valence-corrected chi connectivity index (χ2v) is 7.67. The van der Waals surface area contributed by atoms with Crippen LogP contribution in [0.4, 0.5) is 4.39 Å². The largest absolute Gasteiger partial charge is 0.496 e. The number of hydrogen-bond acceptors (Lipinski definition) is 3. The number of halogens is 1. The summed E-state index contributed by atoms with van der Waals surface area (Å²) in [5.41, 5.74) is 8.82. The Morgan fingerprint density at radius 3 is 2.68 bits per heavy atom. The van der Waals surface area contributed by atoms with Crippen molar-refractivity contribution in [2.75, 3.05) is 20.2 Å². The molecule has 0 spiro atoms. The van der Waals surface area contributed by atoms with Crippen LogP contribution in [0.3, 0.4) is 0 Å². The summed E-state index contributed by atoms with van der Waals surface area (Å²) in [6.45, 7) is 1.22. The van der Waals surface area contributed by atoms with Gasteiger partial charge in [-0.3, -0.25) is 4.79 Å². The Kier molecular flexibility index (Phi) is 6.65. The van der Waals surface area contributed by atoms with Crippen molar-refractivity contribution in [2.24, 2.45) is 5.73 Å². The lowest BCUT2D eigenvalue weighted by atomic mass is 10.0. The maximum atomic E-state index is 13.2. The van der Waals surface area contributed by atoms with E-state index in [1.54, 1.807) is 25.3 Å². The lowest BCUT2D eigenvalue weighted by Gasteiger charge is -2.11. The van der Waals surface area contributed by atoms with Crippen LogP contribution in [0.15, 0.2) is 42.5 Å². The molecule has 0 saturated carbocycles. The molecule has 0 radical (unpaired) electrons. The number of methoxy groups -OCH3 is 1. The molecule has 1 unspecified atom stereocenters. The SMILES string of the molecule is COc1cc(-c2ccc(F)cc2)cc2[nH]c(C(=O)NC[C@H](P)CCCN)cc12. The van der Waals surface area contributed by atoms with E-state index in [0.29, 0.717) is 24.5 Å². The van der Waals surface area contributed by atoms with Crippen molar-refractivity contribution in [2.45, 2.75) is 18.5 Å². The van der Waals surface area contributed by atoms with Crippen LogP contribution < -0.4 is 15.8 Å². The van der Waals surface area contributed by atoms with E-state index in [0.717, 1.165) is 34.9 Å². The predicted octanol–water partition coefficient (Wildman–Crippen LogP) is 3.70. The first-order valence-electron chi connectivity index (χ1n) is 9.22. The number of ether oxygens (including phenoxy) is 1. The fourth-order valence-corrected chi connectivity index (χ4v) is 3.46. The normalized spacial score (nSPS) is 12.1. The standard InChI is InChI=1S/C21H25FN3O2P/c1-27-20-10-14(13-4-6-15(22)7-5-13)9-18-17(20)11-19(25-18)21(26)24-12-16(28)3-2-8-23/h4-7,9-11,16,25H,2-3,8,12,23,28H2,1H3,(H,24,26)/t16-/m1/s1. The molecule has 2 atom stereocenters. The average molecular weight is 401 g/mol. The molecule has 1 aromatic heterocycles. The van der Waals surface area contributed by atoms with Gasteiger partial charge >= 0.3 is 0 Å². The third-order valence-corrected chi connectivity index (χ3v) is 5.22. The minimum atomic E-state index is -0.283. The van der Waals surface area contributed by atoms with Gasteiger partial charge in [0.2, 0.25) is 0 Å². The first kappa shape index (κ1) is 20.3. The molecule has 0 aliphatic carbocycles. The van der Waals surface area contributed by atoms with Gasteiger partial charge in [-0.1, -0.05) is 12.1 Å². The first-order valence-corrected chi connectivity index (χ1v) is 9.89. The predicted molar refractivity (Wildman–Crippen MR) is 114 cm³/mol. The number of H-pyrrole nitrogens is 1. The van der Waals surface area contributed by atoms with E-state index >= 15 is 0 Å². The molecule has 3 rings (SSSR count). The Balaban J connectivity index is 1.84. The number of rotatable bonds is 8. The van der Waals surface area contributed by atoms with Crippen molar-refractivity contribution >= 4 is 26.0 Å². The molecule has 1 heterocycles. The highest BCUT2D eigenvalue weighted by molar-refractivity contribution is 7.17. The van der Waals surface area contributed by atoms with Gasteiger partial charge in [0.1, 0.15) is 17.3 Å². The van der Waals surface area contributed by atoms with Crippen LogP contribution in [0.25, 0.3) is 22.0 Å². The summed E-state index contributed by atoms with van der Waals surface area (Å²) < 4.78 is 18.7. The quantitative estimate of drug-likeness (QED) is 0.504. The fourth-order valence-electron chi connectivity index (χ4n) is 3.11. The number of benzene rings is 2. The molecule has 1 amide bonds. The van der Waals surface area contributed by atoms with Gasteiger partial charge in [-0.05, 0) is 66.5 Å². The molecule has 5 nitrogen and oxygen atoms in total. The molecule has 2 aromatic carbocycles. The van der Waals surface area contributed by atoms with Crippen LogP contribution in [-0.4, -0.2) is 36.7 Å². The van der Waals surface area contributed by atoms with Gasteiger partial charge in [0, 0.05) is 11.9 Å². The number of nitrogens with one attached hydrogen (secondary N) is 2. The number of carbonyl (C=O) groups excluding carboxylic acids is 1. The van der Waals surface area contributed by atoms with Crippen molar-refractivity contribution in [3.8, 4) is 16.9 Å². The van der Waals surface area contributed by atoms with Gasteiger partial charge in [0.05, 0.1) is 12.6 Å². The number of amides is 1. The highest BCUT2D eigenvalue weighted by Crippen LogP contribution is 2.33. The molecule has 3 aromatic rings. The number of aromatic nitrogens is 1. The van der Waals surface area contributed by atoms with Crippen molar-refractivity contribution in [1.29, 1.82) is 0 Å². The Labute approximate surface area is 166 Å². The Hall–Kier alpha value is -2.43. The molecule has 7 heteroatoms. The Morgan fingerprint density at radius 1 is 1.25 bits per heavy atom. The third-order valence-electron chi connectivity index (χ3n) is 4.65. The first-order chi connectivity index (χ1) is 13.5. The molecular weight excluding hydrogens is 376 g/mol. The van der Waals surface area contributed by atoms with Gasteiger partial charge in [-0.25, -0.2) is 4.39 Å². The Bertz CT molecular complexity index is 956. The van der Waals surface area contributed by atoms with Crippen LogP contribution in [-0.2, 0) is 0 Å². The minimum Gasteiger partial charge on any atom is -0.496 e. The van der Waals surface area contributed by atoms with Gasteiger partial charge in [-0.2, -0.15) is 0 Å². The molecular formula is C21H25FN3O2P. The van der Waals surface area contributed by atoms with E-state index in [-0.39, 0.29) is 17.4 Å². The summed E-state index contributed by atoms with van der Waals surface area (Å²) in [5, 5.41) is 3.77. The topological polar surface area (TPSA) is 80.1 Å². The molecule has 0 saturated heterocycles. The zero-order chi connectivity index (χ0) is 20.1. The summed E-state index contributed by atoms with van der Waals surface area (Å²) in [5.74, 6) is 0.204. The monoisotopic (exact) mass is 401 g/mol. The summed E-state index contributed by atoms with van der Waals surface area (Å²) in [4.78, 5) is 15.7. The van der Waals surface area contributed by atoms with Gasteiger partial charge in [0.15, 0.2) is 0 Å². The van der Waals surface area contributed by atoms with E-state index in [1.807, 2.05) is 12.1 Å². The fraction of sp³-hybridized carbons (Fsp3) is 0.286. The van der Waals surface area contributed by atoms with E-state index in [9.17, 15) is 9.18 Å². The molecule has 0 bridgehead atoms. The average Bonchev–Trinajstić information content (AvgIpc) is 3.14. The van der Waals surface area contributed by atoms with Gasteiger partial charge < -0.3 is 20.8 Å². The zero-order valence-electron chi connectivity index (χ0n) is 15.8. The van der Waals surface area contributed by atoms with Gasteiger partial charge in [-0.15, -0.1) is 9.24 Å². The number of nitrogens with two attached hydrogens (primary N) is 1. The van der Waals surface area contributed by atoms with E-state index in [4.69, 9.17) is 10.5 Å². The highest BCUT2D eigenvalue weighted by Gasteiger charge is 2.15. The lowest BCUT2D eigenvalue weighted by molar-refractivity contribution is 0.0949. The minimum absolute atomic E-state index is 0.165. The molecule has 0 aliphatic heterocycles. The van der Waals surface area contributed by atoms with Crippen molar-refractivity contribution < 1.29 is 13.9 Å². The maximum Gasteiger partial charge on any atom is 0.267 e. The second kappa shape index (κ2) is 9.18. The third kappa shape index (κ3) is 4.70. The number of hydrogen-bond donors (Lipinski definition) is 3. The van der Waals surface area contributed by atoms with Crippen molar-refractivity contribution in [1.82, 2.24) is 10.3 Å². The number of carbonyl (C=O) groups is 1. The van der Waals surface area contributed by atoms with Gasteiger partial charge in [0.25, 0.3) is 5.91 Å². The maximum absolute atomic E-state index is 13.2. The van der Waals surface area contributed by atoms with Crippen LogP contribution in [0.1, 0.15) is 23.3 Å². The van der Waals surface area contributed by atoms with E-state index in [2.05, 4.69) is 19.5 Å². The smallest absolute Gasteiger partial charge is 0.267 e. The summed E-state index contributed by atoms with van der Waals surface area (Å²) in [6.07, 6.45) is 1.88. The molecule has 148 valence electrons. The summed E-state index contributed by atoms with van der Waals surface area (Å²) in [7, 11) is 4.33. The van der Waals surface area contributed by atoms with Crippen molar-refractivity contribution in [3.63, 3.8) is 0 Å². The highest BCUT2D eigenvalue weighted by atomic mass is 31.0. The molecule has 0 aliphatic rings. The summed E-state index contributed by atoms with van der Waals surface area (Å²) >= 11 is 0. The second-order valence-electron chi connectivity index (χ2n) is 6.73. The zero-order valence-corrected chi connectivity index (χ0v) is 17.0. The molecule has 28 heavy (non-hydrogen) atoms. The van der Waals surface area contributed by atoms with E-state index in [1.165, 1.54) is 12.1 Å². The molecule has 4 N–H and O–H groups in total. The Morgan fingerprint density at radius 2 is 2.00 bits per heavy atom. The van der Waals surface area contributed by atoms with Crippen LogP contribution >= 0.6 is 9.24 Å². The van der Waals surface area contributed by atoms with E-state index < -0.39 is 0 Å². The van der Waals surface area contributed by atoms with Crippen LogP contribution in [0.5, 0.6) is 5.75 Å². The number of aromatic amines is 1. The van der Waals surface area contributed by atoms with Crippen LogP contribution in [0, 0.1) is 5.82 Å².